The maximum atomic E-state index is 13.1. The van der Waals surface area contributed by atoms with Gasteiger partial charge in [0.1, 0.15) is 6.54 Å². The zero-order valence-electron chi connectivity index (χ0n) is 8.83. The molecular formula is C9H10F5N3. The molecule has 0 radical (unpaired) electrons. The molecule has 17 heavy (non-hydrogen) atoms. The summed E-state index contributed by atoms with van der Waals surface area (Å²) in [5.41, 5.74) is 0. The summed E-state index contributed by atoms with van der Waals surface area (Å²) in [4.78, 5) is 3.39. The second-order valence-corrected chi connectivity index (χ2v) is 3.15. The molecule has 0 bridgehead atoms. The van der Waals surface area contributed by atoms with Crippen LogP contribution in [0.2, 0.25) is 0 Å². The van der Waals surface area contributed by atoms with Gasteiger partial charge < -0.3 is 10.6 Å². The Labute approximate surface area is 94.0 Å². The van der Waals surface area contributed by atoms with Crippen LogP contribution in [0.1, 0.15) is 6.92 Å². The quantitative estimate of drug-likeness (QED) is 0.812. The number of nitrogens with zero attached hydrogens (tertiary/aromatic N) is 1. The van der Waals surface area contributed by atoms with Gasteiger partial charge in [0.15, 0.2) is 23.3 Å². The average Bonchev–Trinajstić information content (AvgIpc) is 2.19. The molecule has 0 amide bonds. The lowest BCUT2D eigenvalue weighted by molar-refractivity contribution is -0.115. The Morgan fingerprint density at radius 3 is 2.12 bits per heavy atom. The van der Waals surface area contributed by atoms with Gasteiger partial charge in [-0.25, -0.2) is 13.8 Å². The van der Waals surface area contributed by atoms with Crippen LogP contribution in [0.15, 0.2) is 6.07 Å². The Bertz CT molecular complexity index is 391. The van der Waals surface area contributed by atoms with Crippen molar-refractivity contribution in [3.63, 3.8) is 0 Å². The zero-order chi connectivity index (χ0) is 13.1. The maximum Gasteiger partial charge on any atom is 0.405 e. The molecule has 0 fully saturated rings. The van der Waals surface area contributed by atoms with Crippen molar-refractivity contribution in [3.05, 3.63) is 17.7 Å². The highest BCUT2D eigenvalue weighted by atomic mass is 19.4. The molecule has 1 aromatic rings. The largest absolute Gasteiger partial charge is 0.405 e. The fraction of sp³-hybridized carbons (Fsp3) is 0.444. The number of hydrogen-bond donors (Lipinski definition) is 2. The molecule has 0 unspecified atom stereocenters. The lowest BCUT2D eigenvalue weighted by atomic mass is 10.4. The van der Waals surface area contributed by atoms with E-state index < -0.39 is 30.2 Å². The van der Waals surface area contributed by atoms with Crippen LogP contribution in [0.25, 0.3) is 0 Å². The van der Waals surface area contributed by atoms with Gasteiger partial charge in [-0.05, 0) is 6.92 Å². The standard InChI is InChI=1S/C9H10F5N3/c1-2-15-7-5(10)3-6(11)8(17-7)16-4-9(12,13)14/h3H,2,4H2,1H3,(H2,15,16,17). The predicted octanol–water partition coefficient (Wildman–Crippen LogP) is 2.77. The zero-order valence-corrected chi connectivity index (χ0v) is 8.83. The molecule has 1 rings (SSSR count). The van der Waals surface area contributed by atoms with E-state index in [1.54, 1.807) is 12.2 Å². The van der Waals surface area contributed by atoms with Crippen LogP contribution in [0.4, 0.5) is 33.6 Å². The number of hydrogen-bond acceptors (Lipinski definition) is 3. The molecule has 2 N–H and O–H groups in total. The number of alkyl halides is 3. The Hall–Kier alpha value is -1.60. The molecule has 0 aliphatic carbocycles. The van der Waals surface area contributed by atoms with Crippen LogP contribution >= 0.6 is 0 Å². The summed E-state index contributed by atoms with van der Waals surface area (Å²) in [6, 6.07) is 0.476. The third-order valence-corrected chi connectivity index (χ3v) is 1.73. The Morgan fingerprint density at radius 2 is 1.65 bits per heavy atom. The fourth-order valence-electron chi connectivity index (χ4n) is 1.07. The SMILES string of the molecule is CCNc1nc(NCC(F)(F)F)c(F)cc1F. The molecule has 1 aromatic heterocycles. The third kappa shape index (κ3) is 4.04. The maximum absolute atomic E-state index is 13.1. The molecule has 0 aliphatic rings. The second-order valence-electron chi connectivity index (χ2n) is 3.15. The van der Waals surface area contributed by atoms with Gasteiger partial charge in [-0.15, -0.1) is 0 Å². The van der Waals surface area contributed by atoms with Crippen molar-refractivity contribution in [2.45, 2.75) is 13.1 Å². The van der Waals surface area contributed by atoms with E-state index in [0.717, 1.165) is 0 Å². The van der Waals surface area contributed by atoms with Gasteiger partial charge in [-0.1, -0.05) is 0 Å². The fourth-order valence-corrected chi connectivity index (χ4v) is 1.07. The molecule has 0 saturated heterocycles. The molecule has 8 heteroatoms. The monoisotopic (exact) mass is 255 g/mol. The van der Waals surface area contributed by atoms with Gasteiger partial charge in [0.2, 0.25) is 0 Å². The lowest BCUT2D eigenvalue weighted by Crippen LogP contribution is -2.22. The van der Waals surface area contributed by atoms with Gasteiger partial charge >= 0.3 is 6.18 Å². The van der Waals surface area contributed by atoms with E-state index in [1.165, 1.54) is 0 Å². The molecule has 0 aliphatic heterocycles. The van der Waals surface area contributed by atoms with E-state index >= 15 is 0 Å². The van der Waals surface area contributed by atoms with Crippen molar-refractivity contribution < 1.29 is 22.0 Å². The lowest BCUT2D eigenvalue weighted by Gasteiger charge is -2.11. The highest BCUT2D eigenvalue weighted by Crippen LogP contribution is 2.21. The van der Waals surface area contributed by atoms with Gasteiger partial charge in [0, 0.05) is 12.6 Å². The topological polar surface area (TPSA) is 37.0 Å². The highest BCUT2D eigenvalue weighted by molar-refractivity contribution is 5.47. The van der Waals surface area contributed by atoms with Gasteiger partial charge in [0.25, 0.3) is 0 Å². The smallest absolute Gasteiger partial charge is 0.368 e. The first-order valence-corrected chi connectivity index (χ1v) is 4.74. The molecule has 96 valence electrons. The van der Waals surface area contributed by atoms with E-state index in [4.69, 9.17) is 0 Å². The number of pyridine rings is 1. The second kappa shape index (κ2) is 5.15. The first-order valence-electron chi connectivity index (χ1n) is 4.74. The summed E-state index contributed by atoms with van der Waals surface area (Å²) in [7, 11) is 0. The van der Waals surface area contributed by atoms with Gasteiger partial charge in [-0.2, -0.15) is 13.2 Å². The van der Waals surface area contributed by atoms with Crippen molar-refractivity contribution in [3.8, 4) is 0 Å². The molecule has 0 atom stereocenters. The van der Waals surface area contributed by atoms with Gasteiger partial charge in [-0.3, -0.25) is 0 Å². The molecule has 1 heterocycles. The van der Waals surface area contributed by atoms with Crippen LogP contribution in [0.5, 0.6) is 0 Å². The molecule has 3 nitrogen and oxygen atoms in total. The van der Waals surface area contributed by atoms with E-state index in [2.05, 4.69) is 10.3 Å². The summed E-state index contributed by atoms with van der Waals surface area (Å²) in [5, 5.41) is 4.23. The third-order valence-electron chi connectivity index (χ3n) is 1.73. The first-order chi connectivity index (χ1) is 7.83. The summed E-state index contributed by atoms with van der Waals surface area (Å²) in [6.45, 7) is 0.523. The molecular weight excluding hydrogens is 245 g/mol. The molecule has 0 aromatic carbocycles. The van der Waals surface area contributed by atoms with Crippen molar-refractivity contribution in [1.82, 2.24) is 4.98 Å². The van der Waals surface area contributed by atoms with E-state index in [-0.39, 0.29) is 5.82 Å². The van der Waals surface area contributed by atoms with Gasteiger partial charge in [0.05, 0.1) is 0 Å². The molecule has 0 spiro atoms. The minimum absolute atomic E-state index is 0.293. The molecule has 0 saturated carbocycles. The number of aromatic nitrogens is 1. The number of rotatable bonds is 4. The van der Waals surface area contributed by atoms with Crippen LogP contribution in [-0.4, -0.2) is 24.2 Å². The normalized spacial score (nSPS) is 11.4. The Kier molecular flexibility index (Phi) is 4.08. The van der Waals surface area contributed by atoms with E-state index in [0.29, 0.717) is 12.6 Å². The number of anilines is 2. The highest BCUT2D eigenvalue weighted by Gasteiger charge is 2.27. The van der Waals surface area contributed by atoms with E-state index in [1.807, 2.05) is 0 Å². The number of nitrogens with one attached hydrogen (secondary N) is 2. The summed E-state index contributed by atoms with van der Waals surface area (Å²) < 4.78 is 61.9. The van der Waals surface area contributed by atoms with E-state index in [9.17, 15) is 22.0 Å². The summed E-state index contributed by atoms with van der Waals surface area (Å²) in [6.07, 6.45) is -4.50. The van der Waals surface area contributed by atoms with Crippen molar-refractivity contribution in [2.24, 2.45) is 0 Å². The average molecular weight is 255 g/mol. The number of halogens is 5. The summed E-state index contributed by atoms with van der Waals surface area (Å²) >= 11 is 0. The minimum atomic E-state index is -4.50. The Balaban J connectivity index is 2.88. The minimum Gasteiger partial charge on any atom is -0.368 e. The van der Waals surface area contributed by atoms with Crippen molar-refractivity contribution in [1.29, 1.82) is 0 Å². The predicted molar refractivity (Wildman–Crippen MR) is 52.9 cm³/mol. The van der Waals surface area contributed by atoms with Crippen LogP contribution in [0, 0.1) is 11.6 Å². The van der Waals surface area contributed by atoms with Crippen LogP contribution in [-0.2, 0) is 0 Å². The summed E-state index contributed by atoms with van der Waals surface area (Å²) in [5.74, 6) is -3.06. The van der Waals surface area contributed by atoms with Crippen molar-refractivity contribution >= 4 is 11.6 Å². The Morgan fingerprint density at radius 1 is 1.12 bits per heavy atom. The van der Waals surface area contributed by atoms with Crippen LogP contribution < -0.4 is 10.6 Å². The van der Waals surface area contributed by atoms with Crippen LogP contribution in [0.3, 0.4) is 0 Å². The first kappa shape index (κ1) is 13.5. The van der Waals surface area contributed by atoms with Crippen molar-refractivity contribution in [2.75, 3.05) is 23.7 Å².